The van der Waals surface area contributed by atoms with Gasteiger partial charge in [-0.05, 0) is 50.3 Å². The average Bonchev–Trinajstić information content (AvgIpc) is 2.59. The van der Waals surface area contributed by atoms with Crippen LogP contribution >= 0.6 is 23.2 Å². The minimum Gasteiger partial charge on any atom is -0.351 e. The lowest BCUT2D eigenvalue weighted by Crippen LogP contribution is -3.11. The molecule has 0 bridgehead atoms. The van der Waals surface area contributed by atoms with E-state index in [4.69, 9.17) is 23.2 Å². The number of quaternary nitrogens is 1. The van der Waals surface area contributed by atoms with Crippen LogP contribution in [0.5, 0.6) is 0 Å². The molecule has 5 nitrogen and oxygen atoms in total. The molecule has 2 rings (SSSR count). The van der Waals surface area contributed by atoms with Gasteiger partial charge in [-0.3, -0.25) is 9.59 Å². The van der Waals surface area contributed by atoms with Crippen molar-refractivity contribution in [3.8, 4) is 0 Å². The first-order valence-electron chi connectivity index (χ1n) is 8.95. The van der Waals surface area contributed by atoms with Crippen molar-refractivity contribution in [2.45, 2.75) is 32.1 Å². The minimum atomic E-state index is -0.180. The van der Waals surface area contributed by atoms with Gasteiger partial charge in [0.15, 0.2) is 13.1 Å². The predicted octanol–water partition coefficient (Wildman–Crippen LogP) is 2.45. The van der Waals surface area contributed by atoms with Crippen molar-refractivity contribution in [2.75, 3.05) is 32.0 Å². The van der Waals surface area contributed by atoms with Crippen molar-refractivity contribution >= 4 is 40.7 Å². The third-order valence-corrected chi connectivity index (χ3v) is 5.02. The van der Waals surface area contributed by atoms with Crippen LogP contribution in [0.25, 0.3) is 0 Å². The molecule has 1 unspecified atom stereocenters. The Balaban J connectivity index is 1.67. The Hall–Kier alpha value is -1.56. The zero-order valence-corrected chi connectivity index (χ0v) is 16.6. The van der Waals surface area contributed by atoms with Crippen molar-refractivity contribution in [1.82, 2.24) is 5.32 Å². The van der Waals surface area contributed by atoms with Crippen LogP contribution in [0.15, 0.2) is 29.8 Å². The summed E-state index contributed by atoms with van der Waals surface area (Å²) in [5.74, 6) is -0.220. The topological polar surface area (TPSA) is 62.6 Å². The summed E-state index contributed by atoms with van der Waals surface area (Å²) >= 11 is 11.8. The molecule has 2 amide bonds. The molecule has 0 saturated heterocycles. The summed E-state index contributed by atoms with van der Waals surface area (Å²) in [7, 11) is 1.82. The normalized spacial score (nSPS) is 15.1. The molecule has 3 N–H and O–H groups in total. The zero-order valence-electron chi connectivity index (χ0n) is 15.0. The van der Waals surface area contributed by atoms with Crippen molar-refractivity contribution in [1.29, 1.82) is 0 Å². The van der Waals surface area contributed by atoms with E-state index in [1.54, 1.807) is 18.2 Å². The number of rotatable bonds is 8. The molecule has 0 aliphatic heterocycles. The molecule has 7 heteroatoms. The Morgan fingerprint density at radius 1 is 1.12 bits per heavy atom. The lowest BCUT2D eigenvalue weighted by molar-refractivity contribution is -0.862. The van der Waals surface area contributed by atoms with Gasteiger partial charge in [0, 0.05) is 12.2 Å². The summed E-state index contributed by atoms with van der Waals surface area (Å²) in [5, 5.41) is 6.52. The number of anilines is 1. The number of likely N-dealkylation sites (N-methyl/N-ethyl adjacent to an activating group) is 1. The third kappa shape index (κ3) is 7.36. The standard InChI is InChI=1S/C19H25Cl2N3O2/c1-24(12-18(25)22-10-9-14-5-3-2-4-6-14)13-19(26)23-15-7-8-16(20)17(21)11-15/h5,7-8,11H,2-4,6,9-10,12-13H2,1H3,(H,22,25)(H,23,26)/p+1. The first-order valence-corrected chi connectivity index (χ1v) is 9.70. The molecular weight excluding hydrogens is 373 g/mol. The SMILES string of the molecule is C[NH+](CC(=O)NCCC1=CCCCC1)CC(=O)Nc1ccc(Cl)c(Cl)c1. The maximum Gasteiger partial charge on any atom is 0.279 e. The van der Waals surface area contributed by atoms with Crippen molar-refractivity contribution < 1.29 is 14.5 Å². The second-order valence-electron chi connectivity index (χ2n) is 6.70. The first-order chi connectivity index (χ1) is 12.4. The third-order valence-electron chi connectivity index (χ3n) is 4.28. The van der Waals surface area contributed by atoms with E-state index in [9.17, 15) is 9.59 Å². The van der Waals surface area contributed by atoms with Crippen LogP contribution in [0.4, 0.5) is 5.69 Å². The monoisotopic (exact) mass is 398 g/mol. The van der Waals surface area contributed by atoms with Gasteiger partial charge in [-0.15, -0.1) is 0 Å². The van der Waals surface area contributed by atoms with Gasteiger partial charge in [0.2, 0.25) is 0 Å². The lowest BCUT2D eigenvalue weighted by Gasteiger charge is -2.15. The molecule has 0 fully saturated rings. The highest BCUT2D eigenvalue weighted by molar-refractivity contribution is 6.42. The van der Waals surface area contributed by atoms with Crippen LogP contribution in [0, 0.1) is 0 Å². The summed E-state index contributed by atoms with van der Waals surface area (Å²) in [5.41, 5.74) is 2.03. The van der Waals surface area contributed by atoms with Crippen LogP contribution in [0.3, 0.4) is 0 Å². The lowest BCUT2D eigenvalue weighted by atomic mass is 9.97. The number of halogens is 2. The van der Waals surface area contributed by atoms with E-state index in [1.807, 2.05) is 7.05 Å². The molecular formula is C19H26Cl2N3O2+. The fourth-order valence-corrected chi connectivity index (χ4v) is 3.24. The molecule has 1 aliphatic rings. The quantitative estimate of drug-likeness (QED) is 0.588. The van der Waals surface area contributed by atoms with E-state index >= 15 is 0 Å². The van der Waals surface area contributed by atoms with E-state index in [0.29, 0.717) is 22.3 Å². The molecule has 26 heavy (non-hydrogen) atoms. The number of nitrogens with one attached hydrogen (secondary N) is 3. The zero-order chi connectivity index (χ0) is 18.9. The van der Waals surface area contributed by atoms with Gasteiger partial charge in [-0.2, -0.15) is 0 Å². The van der Waals surface area contributed by atoms with Crippen molar-refractivity contribution in [3.05, 3.63) is 39.9 Å². The minimum absolute atomic E-state index is 0.0405. The molecule has 1 aliphatic carbocycles. The van der Waals surface area contributed by atoms with E-state index in [1.165, 1.54) is 18.4 Å². The smallest absolute Gasteiger partial charge is 0.279 e. The Morgan fingerprint density at radius 2 is 1.88 bits per heavy atom. The summed E-state index contributed by atoms with van der Waals surface area (Å²) in [6.45, 7) is 1.11. The number of hydrogen-bond acceptors (Lipinski definition) is 2. The highest BCUT2D eigenvalue weighted by atomic mass is 35.5. The number of carbonyl (C=O) groups is 2. The van der Waals surface area contributed by atoms with Crippen LogP contribution < -0.4 is 15.5 Å². The average molecular weight is 399 g/mol. The molecule has 0 spiro atoms. The van der Waals surface area contributed by atoms with Gasteiger partial charge >= 0.3 is 0 Å². The number of amides is 2. The molecule has 0 aromatic heterocycles. The Morgan fingerprint density at radius 3 is 2.58 bits per heavy atom. The molecule has 1 aromatic carbocycles. The molecule has 142 valence electrons. The molecule has 0 radical (unpaired) electrons. The Kier molecular flexibility index (Phi) is 8.42. The highest BCUT2D eigenvalue weighted by Gasteiger charge is 2.14. The van der Waals surface area contributed by atoms with E-state index < -0.39 is 0 Å². The highest BCUT2D eigenvalue weighted by Crippen LogP contribution is 2.24. The fraction of sp³-hybridized carbons (Fsp3) is 0.474. The Labute approximate surface area is 164 Å². The van der Waals surface area contributed by atoms with E-state index in [0.717, 1.165) is 24.2 Å². The van der Waals surface area contributed by atoms with Gasteiger partial charge in [0.05, 0.1) is 17.1 Å². The van der Waals surface area contributed by atoms with Gasteiger partial charge in [0.1, 0.15) is 0 Å². The number of hydrogen-bond donors (Lipinski definition) is 3. The van der Waals surface area contributed by atoms with Gasteiger partial charge < -0.3 is 15.5 Å². The van der Waals surface area contributed by atoms with Crippen LogP contribution in [0.2, 0.25) is 10.0 Å². The maximum atomic E-state index is 12.1. The Bertz CT molecular complexity index is 677. The van der Waals surface area contributed by atoms with Crippen molar-refractivity contribution in [3.63, 3.8) is 0 Å². The second-order valence-corrected chi connectivity index (χ2v) is 7.51. The van der Waals surface area contributed by atoms with Gasteiger partial charge in [-0.1, -0.05) is 34.9 Å². The van der Waals surface area contributed by atoms with Gasteiger partial charge in [0.25, 0.3) is 11.8 Å². The van der Waals surface area contributed by atoms with Crippen LogP contribution in [-0.4, -0.2) is 38.5 Å². The molecule has 1 aromatic rings. The van der Waals surface area contributed by atoms with Gasteiger partial charge in [-0.25, -0.2) is 0 Å². The largest absolute Gasteiger partial charge is 0.351 e. The summed E-state index contributed by atoms with van der Waals surface area (Å²) in [4.78, 5) is 24.9. The second kappa shape index (κ2) is 10.6. The number of carbonyl (C=O) groups excluding carboxylic acids is 2. The molecule has 0 heterocycles. The number of allylic oxidation sites excluding steroid dienone is 1. The molecule has 0 saturated carbocycles. The van der Waals surface area contributed by atoms with Crippen molar-refractivity contribution in [2.24, 2.45) is 0 Å². The summed E-state index contributed by atoms with van der Waals surface area (Å²) < 4.78 is 0. The van der Waals surface area contributed by atoms with E-state index in [-0.39, 0.29) is 24.9 Å². The first kappa shape index (κ1) is 20.7. The summed E-state index contributed by atoms with van der Waals surface area (Å²) in [6, 6.07) is 4.92. The summed E-state index contributed by atoms with van der Waals surface area (Å²) in [6.07, 6.45) is 8.04. The number of benzene rings is 1. The van der Waals surface area contributed by atoms with Crippen LogP contribution in [0.1, 0.15) is 32.1 Å². The van der Waals surface area contributed by atoms with Crippen LogP contribution in [-0.2, 0) is 9.59 Å². The van der Waals surface area contributed by atoms with E-state index in [2.05, 4.69) is 16.7 Å². The maximum absolute atomic E-state index is 12.1. The predicted molar refractivity (Wildman–Crippen MR) is 106 cm³/mol. The molecule has 1 atom stereocenters. The fourth-order valence-electron chi connectivity index (χ4n) is 2.95.